The highest BCUT2D eigenvalue weighted by atomic mass is 16.5. The summed E-state index contributed by atoms with van der Waals surface area (Å²) >= 11 is 0. The van der Waals surface area contributed by atoms with Crippen LogP contribution in [-0.2, 0) is 14.4 Å². The Morgan fingerprint density at radius 3 is 2.70 bits per heavy atom. The van der Waals surface area contributed by atoms with Crippen LogP contribution < -0.4 is 31.8 Å². The van der Waals surface area contributed by atoms with Gasteiger partial charge in [-0.25, -0.2) is 0 Å². The standard InChI is InChI=1S/C29H37N5O6/c1-16-22(39-2)11-10-19-23(13-24(35)32-25(16)19)40-18-12-21-26(36)33-29(28(31)38)14-17(29)8-6-4-3-5-7-9-20(30)27(37)34(21)15-18/h6,8,10-11,13,17-18,20-21H,3-5,7,9,12,14-15,30H2,1-2H3,(H2,31,38)(H,32,35)(H,33,36)/b8-6-/t17-,18-,20+,21+,29-/m1/s1. The summed E-state index contributed by atoms with van der Waals surface area (Å²) in [6.45, 7) is 1.95. The molecule has 5 rings (SSSR count). The van der Waals surface area contributed by atoms with Crippen LogP contribution in [0.2, 0.25) is 0 Å². The number of methoxy groups -OCH3 is 1. The fraction of sp³-hybridized carbons (Fsp3) is 0.517. The van der Waals surface area contributed by atoms with Gasteiger partial charge in [-0.2, -0.15) is 0 Å². The SMILES string of the molecule is COc1ccc2c(O[C@@H]3C[C@H]4C(=O)N[C@]5(C(N)=O)C[C@H]5/C=C\CCCCC[C@H](N)C(=O)N4C3)cc(=O)[nH]c2c1C. The predicted octanol–water partition coefficient (Wildman–Crippen LogP) is 1.40. The van der Waals surface area contributed by atoms with E-state index in [1.165, 1.54) is 11.0 Å². The van der Waals surface area contributed by atoms with Crippen molar-refractivity contribution in [2.24, 2.45) is 17.4 Å². The number of rotatable bonds is 4. The molecule has 5 atom stereocenters. The molecular formula is C29H37N5O6. The van der Waals surface area contributed by atoms with E-state index in [1.54, 1.807) is 19.2 Å². The molecule has 2 aromatic rings. The lowest BCUT2D eigenvalue weighted by molar-refractivity contribution is -0.140. The molecule has 3 heterocycles. The Hall–Kier alpha value is -3.86. The molecule has 3 amide bonds. The summed E-state index contributed by atoms with van der Waals surface area (Å²) in [6, 6.07) is 3.29. The summed E-state index contributed by atoms with van der Waals surface area (Å²) < 4.78 is 11.7. The highest BCUT2D eigenvalue weighted by Crippen LogP contribution is 2.45. The number of allylic oxidation sites excluding steroid dienone is 1. The van der Waals surface area contributed by atoms with Crippen molar-refractivity contribution in [3.05, 3.63) is 46.3 Å². The lowest BCUT2D eigenvalue weighted by Gasteiger charge is -2.28. The Bertz CT molecular complexity index is 1420. The number of pyridine rings is 1. The number of benzene rings is 1. The van der Waals surface area contributed by atoms with Gasteiger partial charge in [-0.1, -0.05) is 25.0 Å². The van der Waals surface area contributed by atoms with Gasteiger partial charge in [0.25, 0.3) is 5.56 Å². The van der Waals surface area contributed by atoms with Gasteiger partial charge in [-0.15, -0.1) is 0 Å². The van der Waals surface area contributed by atoms with E-state index in [0.717, 1.165) is 31.2 Å². The van der Waals surface area contributed by atoms with E-state index in [-0.39, 0.29) is 30.3 Å². The summed E-state index contributed by atoms with van der Waals surface area (Å²) in [7, 11) is 1.56. The number of ether oxygens (including phenoxy) is 2. The number of nitrogens with two attached hydrogens (primary N) is 2. The maximum atomic E-state index is 13.6. The molecule has 214 valence electrons. The van der Waals surface area contributed by atoms with Gasteiger partial charge in [0.2, 0.25) is 17.7 Å². The van der Waals surface area contributed by atoms with Crippen LogP contribution in [0.4, 0.5) is 0 Å². The van der Waals surface area contributed by atoms with Crippen molar-refractivity contribution in [2.45, 2.75) is 75.6 Å². The third-order valence-corrected chi connectivity index (χ3v) is 8.43. The Morgan fingerprint density at radius 1 is 1.15 bits per heavy atom. The van der Waals surface area contributed by atoms with E-state index in [9.17, 15) is 19.2 Å². The first-order chi connectivity index (χ1) is 19.1. The van der Waals surface area contributed by atoms with Crippen LogP contribution in [-0.4, -0.2) is 65.0 Å². The number of fused-ring (bicyclic) bond motifs is 3. The van der Waals surface area contributed by atoms with Crippen LogP contribution in [0.15, 0.2) is 35.1 Å². The molecule has 0 spiro atoms. The van der Waals surface area contributed by atoms with E-state index in [4.69, 9.17) is 20.9 Å². The minimum atomic E-state index is -1.16. The molecule has 1 aromatic heterocycles. The highest BCUT2D eigenvalue weighted by molar-refractivity contribution is 5.97. The quantitative estimate of drug-likeness (QED) is 0.416. The molecule has 0 unspecified atom stereocenters. The van der Waals surface area contributed by atoms with E-state index < -0.39 is 35.5 Å². The summed E-state index contributed by atoms with van der Waals surface area (Å²) in [6.07, 6.45) is 8.00. The second-order valence-electron chi connectivity index (χ2n) is 11.1. The number of nitrogens with one attached hydrogen (secondary N) is 2. The van der Waals surface area contributed by atoms with Gasteiger partial charge < -0.3 is 36.1 Å². The van der Waals surface area contributed by atoms with Crippen molar-refractivity contribution in [2.75, 3.05) is 13.7 Å². The maximum Gasteiger partial charge on any atom is 0.252 e. The number of H-pyrrole nitrogens is 1. The van der Waals surface area contributed by atoms with Crippen LogP contribution in [0, 0.1) is 12.8 Å². The third-order valence-electron chi connectivity index (χ3n) is 8.43. The van der Waals surface area contributed by atoms with Gasteiger partial charge in [0.05, 0.1) is 25.2 Å². The molecule has 6 N–H and O–H groups in total. The predicted molar refractivity (Wildman–Crippen MR) is 149 cm³/mol. The minimum absolute atomic E-state index is 0.112. The van der Waals surface area contributed by atoms with Gasteiger partial charge in [-0.3, -0.25) is 19.2 Å². The zero-order valence-corrected chi connectivity index (χ0v) is 22.9. The van der Waals surface area contributed by atoms with Gasteiger partial charge in [0.15, 0.2) is 0 Å². The fourth-order valence-corrected chi connectivity index (χ4v) is 6.00. The topological polar surface area (TPSA) is 170 Å². The number of hydrogen-bond donors (Lipinski definition) is 4. The number of aryl methyl sites for hydroxylation is 1. The number of aromatic nitrogens is 1. The zero-order chi connectivity index (χ0) is 28.6. The Kier molecular flexibility index (Phi) is 7.59. The van der Waals surface area contributed by atoms with Crippen LogP contribution in [0.25, 0.3) is 10.9 Å². The number of primary amides is 1. The molecule has 3 aliphatic rings. The molecule has 1 saturated heterocycles. The lowest BCUT2D eigenvalue weighted by Crippen LogP contribution is -2.56. The average Bonchev–Trinajstić information content (AvgIpc) is 3.45. The molecule has 11 heteroatoms. The molecule has 1 aromatic carbocycles. The average molecular weight is 552 g/mol. The Morgan fingerprint density at radius 2 is 1.95 bits per heavy atom. The van der Waals surface area contributed by atoms with E-state index in [2.05, 4.69) is 10.3 Å². The van der Waals surface area contributed by atoms with Crippen LogP contribution >= 0.6 is 0 Å². The molecule has 2 fully saturated rings. The van der Waals surface area contributed by atoms with Gasteiger partial charge in [-0.05, 0) is 44.7 Å². The van der Waals surface area contributed by atoms with Crippen molar-refractivity contribution in [1.29, 1.82) is 0 Å². The molecule has 2 aliphatic heterocycles. The molecule has 1 aliphatic carbocycles. The summed E-state index contributed by atoms with van der Waals surface area (Å²) in [5.41, 5.74) is 11.9. The monoisotopic (exact) mass is 551 g/mol. The second kappa shape index (κ2) is 11.0. The first-order valence-electron chi connectivity index (χ1n) is 13.9. The summed E-state index contributed by atoms with van der Waals surface area (Å²) in [5.74, 6) is -0.610. The van der Waals surface area contributed by atoms with Crippen molar-refractivity contribution in [3.8, 4) is 11.5 Å². The molecule has 0 bridgehead atoms. The minimum Gasteiger partial charge on any atom is -0.496 e. The van der Waals surface area contributed by atoms with E-state index >= 15 is 0 Å². The molecule has 40 heavy (non-hydrogen) atoms. The van der Waals surface area contributed by atoms with Crippen LogP contribution in [0.1, 0.15) is 50.5 Å². The maximum absolute atomic E-state index is 13.6. The zero-order valence-electron chi connectivity index (χ0n) is 22.9. The number of hydrogen-bond acceptors (Lipinski definition) is 7. The second-order valence-corrected chi connectivity index (χ2v) is 11.1. The van der Waals surface area contributed by atoms with Crippen molar-refractivity contribution >= 4 is 28.6 Å². The molecule has 1 saturated carbocycles. The number of nitrogens with zero attached hydrogens (tertiary/aromatic N) is 1. The van der Waals surface area contributed by atoms with Crippen molar-refractivity contribution in [3.63, 3.8) is 0 Å². The van der Waals surface area contributed by atoms with Gasteiger partial charge in [0.1, 0.15) is 29.2 Å². The largest absolute Gasteiger partial charge is 0.496 e. The van der Waals surface area contributed by atoms with Crippen molar-refractivity contribution in [1.82, 2.24) is 15.2 Å². The Balaban J connectivity index is 1.44. The number of aromatic amines is 1. The number of carbonyl (C=O) groups is 3. The number of amides is 3. The molecule has 11 nitrogen and oxygen atoms in total. The highest BCUT2D eigenvalue weighted by Gasteiger charge is 2.60. The van der Waals surface area contributed by atoms with Crippen LogP contribution in [0.5, 0.6) is 11.5 Å². The first kappa shape index (κ1) is 27.7. The van der Waals surface area contributed by atoms with Crippen molar-refractivity contribution < 1.29 is 23.9 Å². The smallest absolute Gasteiger partial charge is 0.252 e. The number of carbonyl (C=O) groups excluding carboxylic acids is 3. The van der Waals surface area contributed by atoms with E-state index in [1.807, 2.05) is 19.1 Å². The van der Waals surface area contributed by atoms with Crippen LogP contribution in [0.3, 0.4) is 0 Å². The normalized spacial score (nSPS) is 29.9. The third kappa shape index (κ3) is 5.17. The molecular weight excluding hydrogens is 514 g/mol. The summed E-state index contributed by atoms with van der Waals surface area (Å²) in [4.78, 5) is 56.3. The van der Waals surface area contributed by atoms with Gasteiger partial charge in [0, 0.05) is 29.4 Å². The lowest BCUT2D eigenvalue weighted by atomic mass is 10.1. The first-order valence-corrected chi connectivity index (χ1v) is 13.9. The Labute approximate surface area is 232 Å². The van der Waals surface area contributed by atoms with E-state index in [0.29, 0.717) is 35.2 Å². The summed E-state index contributed by atoms with van der Waals surface area (Å²) in [5, 5.41) is 3.54. The molecule has 0 radical (unpaired) electrons. The van der Waals surface area contributed by atoms with Gasteiger partial charge >= 0.3 is 0 Å². The fourth-order valence-electron chi connectivity index (χ4n) is 6.00.